The zero-order valence-corrected chi connectivity index (χ0v) is 14.6. The van der Waals surface area contributed by atoms with Crippen molar-refractivity contribution in [1.82, 2.24) is 0 Å². The normalized spacial score (nSPS) is 12.5. The number of methoxy groups -OCH3 is 2. The third-order valence-corrected chi connectivity index (χ3v) is 3.85. The monoisotopic (exact) mass is 345 g/mol. The van der Waals surface area contributed by atoms with E-state index in [0.717, 1.165) is 27.2 Å². The summed E-state index contributed by atoms with van der Waals surface area (Å²) < 4.78 is 16.2. The number of hydrogen-bond acceptors (Lipinski definition) is 4. The lowest BCUT2D eigenvalue weighted by molar-refractivity contribution is 0.392. The molecule has 0 aliphatic rings. The summed E-state index contributed by atoms with van der Waals surface area (Å²) in [6, 6.07) is 3.83. The second-order valence-electron chi connectivity index (χ2n) is 5.07. The van der Waals surface area contributed by atoms with E-state index in [0.29, 0.717) is 0 Å². The van der Waals surface area contributed by atoms with Gasteiger partial charge in [0.2, 0.25) is 0 Å². The molecular formula is C14H20BrNO2S. The van der Waals surface area contributed by atoms with E-state index in [1.54, 1.807) is 26.2 Å². The Bertz CT molecular complexity index is 481. The minimum Gasteiger partial charge on any atom is -0.496 e. The Labute approximate surface area is 128 Å². The minimum absolute atomic E-state index is 0.0954. The Morgan fingerprint density at radius 2 is 1.74 bits per heavy atom. The fourth-order valence-corrected chi connectivity index (χ4v) is 2.41. The van der Waals surface area contributed by atoms with Gasteiger partial charge in [-0.05, 0) is 61.6 Å². The van der Waals surface area contributed by atoms with Crippen LogP contribution in [0.15, 0.2) is 21.0 Å². The highest BCUT2D eigenvalue weighted by molar-refractivity contribution is 9.10. The highest BCUT2D eigenvalue weighted by Crippen LogP contribution is 2.34. The van der Waals surface area contributed by atoms with Crippen LogP contribution in [0.5, 0.6) is 11.5 Å². The Balaban J connectivity index is 3.15. The van der Waals surface area contributed by atoms with Gasteiger partial charge in [0.05, 0.1) is 24.4 Å². The SMILES string of the molecule is COc1cc(OC)c(/C(C)=N/SC(C)(C)C)cc1Br. The maximum atomic E-state index is 5.40. The van der Waals surface area contributed by atoms with Crippen molar-refractivity contribution >= 4 is 33.6 Å². The summed E-state index contributed by atoms with van der Waals surface area (Å²) in [5, 5.41) is 0. The van der Waals surface area contributed by atoms with Gasteiger partial charge in [-0.25, -0.2) is 4.40 Å². The molecule has 106 valence electrons. The fraction of sp³-hybridized carbons (Fsp3) is 0.500. The van der Waals surface area contributed by atoms with E-state index in [2.05, 4.69) is 41.1 Å². The Morgan fingerprint density at radius 3 is 2.21 bits per heavy atom. The second-order valence-corrected chi connectivity index (χ2v) is 7.51. The summed E-state index contributed by atoms with van der Waals surface area (Å²) in [5.74, 6) is 1.51. The van der Waals surface area contributed by atoms with Crippen LogP contribution >= 0.6 is 27.9 Å². The first kappa shape index (κ1) is 16.4. The van der Waals surface area contributed by atoms with Crippen molar-refractivity contribution in [2.24, 2.45) is 4.40 Å². The van der Waals surface area contributed by atoms with Crippen LogP contribution in [0.25, 0.3) is 0 Å². The minimum atomic E-state index is 0.0954. The molecular weight excluding hydrogens is 326 g/mol. The van der Waals surface area contributed by atoms with E-state index < -0.39 is 0 Å². The van der Waals surface area contributed by atoms with Crippen LogP contribution in [-0.4, -0.2) is 24.7 Å². The Hall–Kier alpha value is -0.680. The van der Waals surface area contributed by atoms with E-state index in [1.165, 1.54) is 0 Å². The summed E-state index contributed by atoms with van der Waals surface area (Å²) in [4.78, 5) is 0. The quantitative estimate of drug-likeness (QED) is 0.584. The van der Waals surface area contributed by atoms with E-state index in [4.69, 9.17) is 9.47 Å². The van der Waals surface area contributed by atoms with Gasteiger partial charge >= 0.3 is 0 Å². The average Bonchev–Trinajstić information content (AvgIpc) is 2.34. The van der Waals surface area contributed by atoms with Gasteiger partial charge in [0, 0.05) is 16.4 Å². The molecule has 0 atom stereocenters. The lowest BCUT2D eigenvalue weighted by Gasteiger charge is -2.15. The van der Waals surface area contributed by atoms with Gasteiger partial charge in [-0.3, -0.25) is 0 Å². The molecule has 0 saturated carbocycles. The molecule has 1 rings (SSSR count). The molecule has 1 aromatic rings. The van der Waals surface area contributed by atoms with Crippen LogP contribution in [0.4, 0.5) is 0 Å². The zero-order valence-electron chi connectivity index (χ0n) is 12.2. The first-order valence-corrected chi connectivity index (χ1v) is 7.50. The molecule has 5 heteroatoms. The number of rotatable bonds is 4. The lowest BCUT2D eigenvalue weighted by atomic mass is 10.1. The van der Waals surface area contributed by atoms with Crippen LogP contribution < -0.4 is 9.47 Å². The summed E-state index contributed by atoms with van der Waals surface area (Å²) in [6.07, 6.45) is 0. The van der Waals surface area contributed by atoms with Crippen molar-refractivity contribution in [2.45, 2.75) is 32.4 Å². The molecule has 0 aliphatic carbocycles. The first-order valence-electron chi connectivity index (χ1n) is 5.93. The first-order chi connectivity index (χ1) is 8.78. The predicted molar refractivity (Wildman–Crippen MR) is 86.8 cm³/mol. The second kappa shape index (κ2) is 6.66. The molecule has 0 spiro atoms. The van der Waals surface area contributed by atoms with Gasteiger partial charge in [-0.1, -0.05) is 0 Å². The molecule has 0 amide bonds. The molecule has 0 fully saturated rings. The molecule has 1 aromatic carbocycles. The molecule has 0 heterocycles. The average molecular weight is 346 g/mol. The van der Waals surface area contributed by atoms with E-state index in [9.17, 15) is 0 Å². The fourth-order valence-electron chi connectivity index (χ4n) is 1.40. The highest BCUT2D eigenvalue weighted by Gasteiger charge is 2.14. The molecule has 0 saturated heterocycles. The van der Waals surface area contributed by atoms with Gasteiger partial charge in [-0.2, -0.15) is 0 Å². The van der Waals surface area contributed by atoms with Crippen LogP contribution in [-0.2, 0) is 0 Å². The van der Waals surface area contributed by atoms with Crippen molar-refractivity contribution < 1.29 is 9.47 Å². The number of hydrogen-bond donors (Lipinski definition) is 0. The topological polar surface area (TPSA) is 30.8 Å². The van der Waals surface area contributed by atoms with Crippen LogP contribution in [0.3, 0.4) is 0 Å². The maximum absolute atomic E-state index is 5.40. The van der Waals surface area contributed by atoms with Crippen LogP contribution in [0.2, 0.25) is 0 Å². The van der Waals surface area contributed by atoms with Crippen molar-refractivity contribution in [3.8, 4) is 11.5 Å². The standard InChI is InChI=1S/C14H20BrNO2S/c1-9(16-19-14(2,3)4)10-7-11(15)13(18-6)8-12(10)17-5/h7-8H,1-6H3/b16-9+. The smallest absolute Gasteiger partial charge is 0.136 e. The van der Waals surface area contributed by atoms with E-state index >= 15 is 0 Å². The number of halogens is 1. The molecule has 0 aromatic heterocycles. The van der Waals surface area contributed by atoms with E-state index in [1.807, 2.05) is 19.1 Å². The zero-order chi connectivity index (χ0) is 14.6. The van der Waals surface area contributed by atoms with Gasteiger partial charge in [0.1, 0.15) is 11.5 Å². The molecule has 0 aliphatic heterocycles. The lowest BCUT2D eigenvalue weighted by Crippen LogP contribution is -2.07. The summed E-state index contributed by atoms with van der Waals surface area (Å²) >= 11 is 5.04. The summed E-state index contributed by atoms with van der Waals surface area (Å²) in [6.45, 7) is 8.39. The Morgan fingerprint density at radius 1 is 1.16 bits per heavy atom. The molecule has 0 unspecified atom stereocenters. The van der Waals surface area contributed by atoms with Gasteiger partial charge in [0.25, 0.3) is 0 Å². The van der Waals surface area contributed by atoms with Gasteiger partial charge in [0.15, 0.2) is 0 Å². The van der Waals surface area contributed by atoms with Crippen LogP contribution in [0.1, 0.15) is 33.3 Å². The molecule has 19 heavy (non-hydrogen) atoms. The number of nitrogens with zero attached hydrogens (tertiary/aromatic N) is 1. The highest BCUT2D eigenvalue weighted by atomic mass is 79.9. The maximum Gasteiger partial charge on any atom is 0.136 e. The molecule has 0 bridgehead atoms. The van der Waals surface area contributed by atoms with Gasteiger partial charge in [-0.15, -0.1) is 0 Å². The third-order valence-electron chi connectivity index (χ3n) is 2.32. The van der Waals surface area contributed by atoms with E-state index in [-0.39, 0.29) is 4.75 Å². The predicted octanol–water partition coefficient (Wildman–Crippen LogP) is 4.72. The van der Waals surface area contributed by atoms with Gasteiger partial charge < -0.3 is 9.47 Å². The number of benzene rings is 1. The third kappa shape index (κ3) is 4.73. The number of ether oxygens (including phenoxy) is 2. The molecule has 3 nitrogen and oxygen atoms in total. The largest absolute Gasteiger partial charge is 0.496 e. The summed E-state index contributed by atoms with van der Waals surface area (Å²) in [5.41, 5.74) is 1.90. The molecule has 0 radical (unpaired) electrons. The van der Waals surface area contributed by atoms with Crippen molar-refractivity contribution in [3.63, 3.8) is 0 Å². The van der Waals surface area contributed by atoms with Crippen molar-refractivity contribution in [3.05, 3.63) is 22.2 Å². The van der Waals surface area contributed by atoms with Crippen LogP contribution in [0, 0.1) is 0 Å². The summed E-state index contributed by atoms with van der Waals surface area (Å²) in [7, 11) is 3.28. The molecule has 0 N–H and O–H groups in total. The van der Waals surface area contributed by atoms with Crippen molar-refractivity contribution in [2.75, 3.05) is 14.2 Å². The Kier molecular flexibility index (Phi) is 5.74. The van der Waals surface area contributed by atoms with Crippen molar-refractivity contribution in [1.29, 1.82) is 0 Å².